The van der Waals surface area contributed by atoms with Crippen molar-refractivity contribution in [3.63, 3.8) is 0 Å². The zero-order chi connectivity index (χ0) is 23.4. The SMILES string of the molecule is CC(C)C[C@H](NC(=O)[C@H](C)NC(=O)[C@@H]1CC(=O)N(c2ccc3c(c2)OCCO3)C1)C(=O)O. The maximum absolute atomic E-state index is 12.7. The summed E-state index contributed by atoms with van der Waals surface area (Å²) in [7, 11) is 0. The van der Waals surface area contributed by atoms with Crippen LogP contribution in [0.2, 0.25) is 0 Å². The van der Waals surface area contributed by atoms with Gasteiger partial charge in [-0.2, -0.15) is 0 Å². The molecule has 0 saturated carbocycles. The fourth-order valence-corrected chi connectivity index (χ4v) is 3.72. The summed E-state index contributed by atoms with van der Waals surface area (Å²) in [6, 6.07) is 3.22. The van der Waals surface area contributed by atoms with Gasteiger partial charge in [0.15, 0.2) is 11.5 Å². The van der Waals surface area contributed by atoms with Gasteiger partial charge in [-0.05, 0) is 31.4 Å². The van der Waals surface area contributed by atoms with Gasteiger partial charge in [0, 0.05) is 24.7 Å². The van der Waals surface area contributed by atoms with Crippen LogP contribution in [0.5, 0.6) is 11.5 Å². The lowest BCUT2D eigenvalue weighted by atomic mass is 10.0. The van der Waals surface area contributed by atoms with Gasteiger partial charge < -0.3 is 30.1 Å². The maximum Gasteiger partial charge on any atom is 0.326 e. The van der Waals surface area contributed by atoms with Crippen molar-refractivity contribution < 1.29 is 33.8 Å². The van der Waals surface area contributed by atoms with Gasteiger partial charge in [0.2, 0.25) is 17.7 Å². The molecule has 0 aliphatic carbocycles. The van der Waals surface area contributed by atoms with Crippen LogP contribution in [-0.4, -0.2) is 60.6 Å². The number of amides is 3. The molecule has 0 radical (unpaired) electrons. The number of anilines is 1. The average Bonchev–Trinajstić information content (AvgIpc) is 3.14. The summed E-state index contributed by atoms with van der Waals surface area (Å²) in [5.41, 5.74) is 0.610. The predicted octanol–water partition coefficient (Wildman–Crippen LogP) is 0.931. The Kier molecular flexibility index (Phi) is 7.22. The lowest BCUT2D eigenvalue weighted by Crippen LogP contribution is -2.51. The summed E-state index contributed by atoms with van der Waals surface area (Å²) >= 11 is 0. The number of carboxylic acids is 1. The first kappa shape index (κ1) is 23.4. The van der Waals surface area contributed by atoms with Gasteiger partial charge >= 0.3 is 5.97 Å². The summed E-state index contributed by atoms with van der Waals surface area (Å²) < 4.78 is 11.0. The Balaban J connectivity index is 1.58. The first-order valence-electron chi connectivity index (χ1n) is 10.7. The number of carboxylic acid groups (broad SMARTS) is 1. The van der Waals surface area contributed by atoms with E-state index in [-0.39, 0.29) is 31.2 Å². The molecule has 0 aromatic heterocycles. The van der Waals surface area contributed by atoms with Gasteiger partial charge in [-0.15, -0.1) is 0 Å². The number of aliphatic carboxylic acids is 1. The average molecular weight is 447 g/mol. The summed E-state index contributed by atoms with van der Waals surface area (Å²) in [5, 5.41) is 14.3. The molecule has 0 spiro atoms. The van der Waals surface area contributed by atoms with Gasteiger partial charge in [-0.3, -0.25) is 14.4 Å². The molecule has 174 valence electrons. The van der Waals surface area contributed by atoms with E-state index in [2.05, 4.69) is 10.6 Å². The Morgan fingerprint density at radius 2 is 1.81 bits per heavy atom. The van der Waals surface area contributed by atoms with Crippen LogP contribution in [0.15, 0.2) is 18.2 Å². The monoisotopic (exact) mass is 447 g/mol. The highest BCUT2D eigenvalue weighted by molar-refractivity contribution is 6.01. The van der Waals surface area contributed by atoms with Crippen molar-refractivity contribution in [1.29, 1.82) is 0 Å². The topological polar surface area (TPSA) is 134 Å². The molecule has 1 fully saturated rings. The highest BCUT2D eigenvalue weighted by atomic mass is 16.6. The van der Waals surface area contributed by atoms with Crippen LogP contribution in [0, 0.1) is 11.8 Å². The molecular formula is C22H29N3O7. The summed E-state index contributed by atoms with van der Waals surface area (Å²) in [6.45, 7) is 6.26. The van der Waals surface area contributed by atoms with Crippen molar-refractivity contribution in [2.75, 3.05) is 24.7 Å². The van der Waals surface area contributed by atoms with Crippen molar-refractivity contribution in [3.8, 4) is 11.5 Å². The van der Waals surface area contributed by atoms with Gasteiger partial charge in [-0.1, -0.05) is 13.8 Å². The van der Waals surface area contributed by atoms with E-state index in [4.69, 9.17) is 9.47 Å². The second-order valence-corrected chi connectivity index (χ2v) is 8.49. The number of fused-ring (bicyclic) bond motifs is 1. The second-order valence-electron chi connectivity index (χ2n) is 8.49. The number of carbonyl (C=O) groups excluding carboxylic acids is 3. The van der Waals surface area contributed by atoms with Crippen molar-refractivity contribution >= 4 is 29.4 Å². The van der Waals surface area contributed by atoms with E-state index in [0.717, 1.165) is 0 Å². The van der Waals surface area contributed by atoms with E-state index in [9.17, 15) is 24.3 Å². The fourth-order valence-electron chi connectivity index (χ4n) is 3.72. The van der Waals surface area contributed by atoms with E-state index in [0.29, 0.717) is 30.4 Å². The fraction of sp³-hybridized carbons (Fsp3) is 0.545. The maximum atomic E-state index is 12.7. The zero-order valence-corrected chi connectivity index (χ0v) is 18.4. The molecule has 32 heavy (non-hydrogen) atoms. The van der Waals surface area contributed by atoms with Gasteiger partial charge in [0.1, 0.15) is 25.3 Å². The number of hydrogen-bond acceptors (Lipinski definition) is 6. The van der Waals surface area contributed by atoms with E-state index in [1.807, 2.05) is 13.8 Å². The Morgan fingerprint density at radius 3 is 2.47 bits per heavy atom. The van der Waals surface area contributed by atoms with Crippen LogP contribution in [-0.2, 0) is 19.2 Å². The minimum Gasteiger partial charge on any atom is -0.486 e. The smallest absolute Gasteiger partial charge is 0.326 e. The predicted molar refractivity (Wildman–Crippen MR) is 115 cm³/mol. The molecule has 3 rings (SSSR count). The Morgan fingerprint density at radius 1 is 1.12 bits per heavy atom. The minimum absolute atomic E-state index is 0.0136. The lowest BCUT2D eigenvalue weighted by molar-refractivity contribution is -0.142. The molecule has 1 aromatic rings. The molecule has 2 heterocycles. The van der Waals surface area contributed by atoms with Crippen LogP contribution >= 0.6 is 0 Å². The van der Waals surface area contributed by atoms with Crippen molar-refractivity contribution in [1.82, 2.24) is 10.6 Å². The zero-order valence-electron chi connectivity index (χ0n) is 18.4. The third-order valence-electron chi connectivity index (χ3n) is 5.41. The van der Waals surface area contributed by atoms with Gasteiger partial charge in [0.25, 0.3) is 0 Å². The Bertz CT molecular complexity index is 902. The van der Waals surface area contributed by atoms with Gasteiger partial charge in [0.05, 0.1) is 5.92 Å². The largest absolute Gasteiger partial charge is 0.486 e. The molecule has 3 amide bonds. The Labute approximate surface area is 186 Å². The number of carbonyl (C=O) groups is 4. The third kappa shape index (κ3) is 5.49. The number of hydrogen-bond donors (Lipinski definition) is 3. The van der Waals surface area contributed by atoms with E-state index < -0.39 is 35.8 Å². The summed E-state index contributed by atoms with van der Waals surface area (Å²) in [6.07, 6.45) is 0.295. The number of nitrogens with one attached hydrogen (secondary N) is 2. The summed E-state index contributed by atoms with van der Waals surface area (Å²) in [4.78, 5) is 50.5. The van der Waals surface area contributed by atoms with Crippen molar-refractivity contribution in [2.45, 2.75) is 45.7 Å². The molecule has 0 bridgehead atoms. The molecule has 10 nitrogen and oxygen atoms in total. The number of rotatable bonds is 8. The highest BCUT2D eigenvalue weighted by Gasteiger charge is 2.36. The number of ether oxygens (including phenoxy) is 2. The minimum atomic E-state index is -1.12. The third-order valence-corrected chi connectivity index (χ3v) is 5.41. The molecular weight excluding hydrogens is 418 g/mol. The van der Waals surface area contributed by atoms with E-state index >= 15 is 0 Å². The molecule has 1 saturated heterocycles. The lowest BCUT2D eigenvalue weighted by Gasteiger charge is -2.22. The normalized spacial score (nSPS) is 19.4. The molecule has 10 heteroatoms. The van der Waals surface area contributed by atoms with Crippen molar-refractivity contribution in [2.24, 2.45) is 11.8 Å². The standard InChI is InChI=1S/C22H29N3O7/c1-12(2)8-16(22(29)30)24-20(27)13(3)23-21(28)14-9-19(26)25(11-14)15-4-5-17-18(10-15)32-7-6-31-17/h4-5,10,12-14,16H,6-9,11H2,1-3H3,(H,23,28)(H,24,27)(H,29,30)/t13-,14+,16-/m0/s1. The highest BCUT2D eigenvalue weighted by Crippen LogP contribution is 2.36. The molecule has 3 N–H and O–H groups in total. The van der Waals surface area contributed by atoms with Crippen LogP contribution in [0.3, 0.4) is 0 Å². The Hall–Kier alpha value is -3.30. The van der Waals surface area contributed by atoms with Crippen LogP contribution in [0.1, 0.15) is 33.6 Å². The summed E-state index contributed by atoms with van der Waals surface area (Å²) in [5.74, 6) is -1.73. The number of nitrogens with zero attached hydrogens (tertiary/aromatic N) is 1. The van der Waals surface area contributed by atoms with Crippen LogP contribution in [0.25, 0.3) is 0 Å². The quantitative estimate of drug-likeness (QED) is 0.540. The van der Waals surface area contributed by atoms with E-state index in [1.54, 1.807) is 18.2 Å². The van der Waals surface area contributed by atoms with Crippen LogP contribution in [0.4, 0.5) is 5.69 Å². The first-order valence-corrected chi connectivity index (χ1v) is 10.7. The second kappa shape index (κ2) is 9.88. The molecule has 2 aliphatic rings. The van der Waals surface area contributed by atoms with E-state index in [1.165, 1.54) is 11.8 Å². The first-order chi connectivity index (χ1) is 15.2. The molecule has 0 unspecified atom stereocenters. The molecule has 1 aromatic carbocycles. The molecule has 2 aliphatic heterocycles. The molecule has 3 atom stereocenters. The van der Waals surface area contributed by atoms with Crippen molar-refractivity contribution in [3.05, 3.63) is 18.2 Å². The van der Waals surface area contributed by atoms with Gasteiger partial charge in [-0.25, -0.2) is 4.79 Å². The number of benzene rings is 1. The van der Waals surface area contributed by atoms with Crippen LogP contribution < -0.4 is 25.0 Å².